The van der Waals surface area contributed by atoms with Crippen LogP contribution in [0.3, 0.4) is 0 Å². The Hall–Kier alpha value is -3.66. The monoisotopic (exact) mass is 456 g/mol. The molecule has 0 spiro atoms. The average molecular weight is 457 g/mol. The molecule has 10 heteroatoms. The number of carbonyl (C=O) groups excluding carboxylic acids is 1. The Bertz CT molecular complexity index is 1340. The fourth-order valence-electron chi connectivity index (χ4n) is 3.30. The second-order valence-electron chi connectivity index (χ2n) is 7.32. The van der Waals surface area contributed by atoms with Gasteiger partial charge in [0.1, 0.15) is 5.82 Å². The highest BCUT2D eigenvalue weighted by atomic mass is 32.2. The van der Waals surface area contributed by atoms with E-state index in [0.29, 0.717) is 6.42 Å². The Kier molecular flexibility index (Phi) is 6.64. The summed E-state index contributed by atoms with van der Waals surface area (Å²) in [4.78, 5) is 41.9. The van der Waals surface area contributed by atoms with Gasteiger partial charge in [-0.05, 0) is 36.2 Å². The molecule has 0 saturated heterocycles. The summed E-state index contributed by atoms with van der Waals surface area (Å²) in [5.41, 5.74) is 5.64. The number of nitrogens with zero attached hydrogens (tertiary/aromatic N) is 2. The van der Waals surface area contributed by atoms with Crippen molar-refractivity contribution in [2.24, 2.45) is 0 Å². The molecular formula is C22H24N4O5S. The van der Waals surface area contributed by atoms with Crippen LogP contribution in [0.1, 0.15) is 29.3 Å². The van der Waals surface area contributed by atoms with Crippen molar-refractivity contribution in [2.45, 2.75) is 24.8 Å². The number of benzene rings is 2. The minimum Gasteiger partial charge on any atom is -0.383 e. The maximum atomic E-state index is 13.2. The van der Waals surface area contributed by atoms with Gasteiger partial charge in [0.15, 0.2) is 15.5 Å². The van der Waals surface area contributed by atoms with Gasteiger partial charge in [0, 0.05) is 18.4 Å². The van der Waals surface area contributed by atoms with Crippen molar-refractivity contribution in [2.75, 3.05) is 23.4 Å². The Balaban J connectivity index is 2.07. The lowest BCUT2D eigenvalue weighted by molar-refractivity contribution is 0.0986. The summed E-state index contributed by atoms with van der Waals surface area (Å²) >= 11 is 0. The number of aromatic amines is 1. The van der Waals surface area contributed by atoms with Crippen molar-refractivity contribution in [3.8, 4) is 0 Å². The minimum absolute atomic E-state index is 0.0739. The summed E-state index contributed by atoms with van der Waals surface area (Å²) in [5, 5.41) is 0. The van der Waals surface area contributed by atoms with E-state index in [-0.39, 0.29) is 35.1 Å². The fraction of sp³-hybridized carbons (Fsp3) is 0.227. The van der Waals surface area contributed by atoms with Crippen LogP contribution in [0.5, 0.6) is 0 Å². The van der Waals surface area contributed by atoms with Gasteiger partial charge in [-0.1, -0.05) is 37.3 Å². The normalized spacial score (nSPS) is 11.3. The first kappa shape index (κ1) is 23.0. The van der Waals surface area contributed by atoms with E-state index in [1.54, 1.807) is 0 Å². The highest BCUT2D eigenvalue weighted by molar-refractivity contribution is 7.90. The number of amides is 1. The number of sulfone groups is 1. The second-order valence-corrected chi connectivity index (χ2v) is 9.33. The molecular weight excluding hydrogens is 432 g/mol. The third-order valence-electron chi connectivity index (χ3n) is 4.89. The second kappa shape index (κ2) is 9.23. The van der Waals surface area contributed by atoms with Crippen LogP contribution in [0.25, 0.3) is 0 Å². The third-order valence-corrected chi connectivity index (χ3v) is 6.02. The summed E-state index contributed by atoms with van der Waals surface area (Å²) in [6.45, 7) is 2.12. The number of nitrogens with one attached hydrogen (secondary N) is 1. The van der Waals surface area contributed by atoms with Gasteiger partial charge in [-0.15, -0.1) is 0 Å². The van der Waals surface area contributed by atoms with Crippen molar-refractivity contribution in [1.82, 2.24) is 9.55 Å². The molecule has 0 aliphatic carbocycles. The Labute approximate surface area is 185 Å². The van der Waals surface area contributed by atoms with Crippen LogP contribution in [0.15, 0.2) is 69.1 Å². The van der Waals surface area contributed by atoms with E-state index < -0.39 is 27.0 Å². The maximum absolute atomic E-state index is 13.2. The number of aromatic nitrogens is 2. The van der Waals surface area contributed by atoms with Crippen molar-refractivity contribution in [1.29, 1.82) is 0 Å². The molecule has 0 aliphatic rings. The standard InChI is InChI=1S/C22H24N4O5S/c1-3-13-25(21(28)16-9-11-17(12-10-16)32(2,30)31)18-19(23)26(22(29)24-20(18)27)14-15-7-5-4-6-8-15/h4-12H,3,13-14,23H2,1-2H3,(H,24,27,29). The molecule has 0 radical (unpaired) electrons. The molecule has 0 fully saturated rings. The summed E-state index contributed by atoms with van der Waals surface area (Å²) in [7, 11) is -3.42. The van der Waals surface area contributed by atoms with Gasteiger partial charge >= 0.3 is 5.69 Å². The molecule has 1 aromatic heterocycles. The minimum atomic E-state index is -3.42. The molecule has 0 saturated carbocycles. The molecule has 32 heavy (non-hydrogen) atoms. The van der Waals surface area contributed by atoms with E-state index >= 15 is 0 Å². The van der Waals surface area contributed by atoms with Gasteiger partial charge in [0.2, 0.25) is 0 Å². The predicted molar refractivity (Wildman–Crippen MR) is 123 cm³/mol. The molecule has 3 N–H and O–H groups in total. The smallest absolute Gasteiger partial charge is 0.330 e. The van der Waals surface area contributed by atoms with E-state index in [4.69, 9.17) is 5.73 Å². The summed E-state index contributed by atoms with van der Waals surface area (Å²) in [6.07, 6.45) is 1.59. The van der Waals surface area contributed by atoms with Gasteiger partial charge in [0.05, 0.1) is 11.4 Å². The first-order valence-electron chi connectivity index (χ1n) is 9.92. The zero-order valence-corrected chi connectivity index (χ0v) is 18.6. The lowest BCUT2D eigenvalue weighted by Gasteiger charge is -2.24. The van der Waals surface area contributed by atoms with Crippen LogP contribution in [0, 0.1) is 0 Å². The van der Waals surface area contributed by atoms with E-state index in [0.717, 1.165) is 11.8 Å². The molecule has 0 aliphatic heterocycles. The van der Waals surface area contributed by atoms with Gasteiger partial charge in [-0.3, -0.25) is 19.1 Å². The van der Waals surface area contributed by atoms with Crippen molar-refractivity contribution >= 4 is 27.2 Å². The molecule has 0 atom stereocenters. The predicted octanol–water partition coefficient (Wildman–Crippen LogP) is 1.63. The van der Waals surface area contributed by atoms with Gasteiger partial charge < -0.3 is 10.6 Å². The molecule has 0 unspecified atom stereocenters. The molecule has 0 bridgehead atoms. The third kappa shape index (κ3) is 4.80. The maximum Gasteiger partial charge on any atom is 0.330 e. The quantitative estimate of drug-likeness (QED) is 0.555. The number of hydrogen-bond donors (Lipinski definition) is 2. The molecule has 3 rings (SSSR count). The van der Waals surface area contributed by atoms with Crippen LogP contribution >= 0.6 is 0 Å². The lowest BCUT2D eigenvalue weighted by atomic mass is 10.1. The summed E-state index contributed by atoms with van der Waals surface area (Å²) < 4.78 is 24.6. The molecule has 1 amide bonds. The number of nitrogens with two attached hydrogens (primary N) is 1. The van der Waals surface area contributed by atoms with E-state index in [2.05, 4.69) is 4.98 Å². The van der Waals surface area contributed by atoms with Crippen LogP contribution in [-0.2, 0) is 16.4 Å². The van der Waals surface area contributed by atoms with Crippen LogP contribution in [0.2, 0.25) is 0 Å². The Morgan fingerprint density at radius 2 is 1.69 bits per heavy atom. The number of rotatable bonds is 7. The van der Waals surface area contributed by atoms with E-state index in [9.17, 15) is 22.8 Å². The van der Waals surface area contributed by atoms with Crippen LogP contribution in [-0.4, -0.2) is 36.7 Å². The van der Waals surface area contributed by atoms with Crippen molar-refractivity contribution in [3.63, 3.8) is 0 Å². The zero-order chi connectivity index (χ0) is 23.5. The number of nitrogen functional groups attached to an aromatic ring is 1. The average Bonchev–Trinajstić information content (AvgIpc) is 2.75. The topological polar surface area (TPSA) is 135 Å². The highest BCUT2D eigenvalue weighted by Crippen LogP contribution is 2.21. The molecule has 9 nitrogen and oxygen atoms in total. The first-order chi connectivity index (χ1) is 15.1. The largest absolute Gasteiger partial charge is 0.383 e. The summed E-state index contributed by atoms with van der Waals surface area (Å²) in [5.74, 6) is -0.661. The Morgan fingerprint density at radius 1 is 1.06 bits per heavy atom. The molecule has 168 valence electrons. The molecule has 3 aromatic rings. The fourth-order valence-corrected chi connectivity index (χ4v) is 3.93. The van der Waals surface area contributed by atoms with Crippen molar-refractivity contribution in [3.05, 3.63) is 86.6 Å². The zero-order valence-electron chi connectivity index (χ0n) is 17.7. The van der Waals surface area contributed by atoms with Gasteiger partial charge in [-0.2, -0.15) is 0 Å². The number of carbonyl (C=O) groups is 1. The summed E-state index contributed by atoms with van der Waals surface area (Å²) in [6, 6.07) is 14.5. The number of anilines is 2. The van der Waals surface area contributed by atoms with Gasteiger partial charge in [0.25, 0.3) is 11.5 Å². The lowest BCUT2D eigenvalue weighted by Crippen LogP contribution is -2.41. The highest BCUT2D eigenvalue weighted by Gasteiger charge is 2.25. The first-order valence-corrected chi connectivity index (χ1v) is 11.8. The van der Waals surface area contributed by atoms with Crippen molar-refractivity contribution < 1.29 is 13.2 Å². The number of H-pyrrole nitrogens is 1. The number of hydrogen-bond acceptors (Lipinski definition) is 6. The van der Waals surface area contributed by atoms with Gasteiger partial charge in [-0.25, -0.2) is 13.2 Å². The SMILES string of the molecule is CCCN(C(=O)c1ccc(S(C)(=O)=O)cc1)c1c(N)n(Cc2ccccc2)c(=O)[nH]c1=O. The molecule has 2 aromatic carbocycles. The van der Waals surface area contributed by atoms with E-state index in [1.807, 2.05) is 37.3 Å². The Morgan fingerprint density at radius 3 is 2.25 bits per heavy atom. The molecule has 1 heterocycles. The van der Waals surface area contributed by atoms with Crippen LogP contribution in [0.4, 0.5) is 11.5 Å². The van der Waals surface area contributed by atoms with Crippen LogP contribution < -0.4 is 21.9 Å². The van der Waals surface area contributed by atoms with E-state index in [1.165, 1.54) is 33.7 Å².